The van der Waals surface area contributed by atoms with Crippen molar-refractivity contribution in [3.8, 4) is 0 Å². The number of carbonyl (C=O) groups excluding carboxylic acids is 1. The minimum Gasteiger partial charge on any atom is -0.387 e. The van der Waals surface area contributed by atoms with Gasteiger partial charge >= 0.3 is 0 Å². The van der Waals surface area contributed by atoms with Gasteiger partial charge in [0.2, 0.25) is 5.91 Å². The van der Waals surface area contributed by atoms with Gasteiger partial charge in [0.1, 0.15) is 0 Å². The van der Waals surface area contributed by atoms with E-state index in [-0.39, 0.29) is 12.5 Å². The molecule has 19 heavy (non-hydrogen) atoms. The van der Waals surface area contributed by atoms with E-state index in [1.165, 1.54) is 0 Å². The number of aliphatic hydroxyl groups excluding tert-OH is 1. The second-order valence-electron chi connectivity index (χ2n) is 5.40. The zero-order chi connectivity index (χ0) is 14.5. The fourth-order valence-corrected chi connectivity index (χ4v) is 1.93. The number of hydrogen-bond donors (Lipinski definition) is 2. The maximum atomic E-state index is 12.0. The van der Waals surface area contributed by atoms with Crippen LogP contribution in [0.1, 0.15) is 31.1 Å². The van der Waals surface area contributed by atoms with Crippen LogP contribution in [0.3, 0.4) is 0 Å². The first-order valence-corrected chi connectivity index (χ1v) is 6.39. The van der Waals surface area contributed by atoms with Crippen molar-refractivity contribution in [1.29, 1.82) is 0 Å². The van der Waals surface area contributed by atoms with Gasteiger partial charge < -0.3 is 15.2 Å². The van der Waals surface area contributed by atoms with E-state index >= 15 is 0 Å². The maximum absolute atomic E-state index is 12.0. The predicted octanol–water partition coefficient (Wildman–Crippen LogP) is 1.82. The van der Waals surface area contributed by atoms with Crippen molar-refractivity contribution in [2.24, 2.45) is 5.41 Å². The molecular formula is C15H23NO3. The monoisotopic (exact) mass is 265 g/mol. The van der Waals surface area contributed by atoms with E-state index in [2.05, 4.69) is 5.32 Å². The maximum Gasteiger partial charge on any atom is 0.228 e. The third-order valence-corrected chi connectivity index (χ3v) is 3.12. The van der Waals surface area contributed by atoms with E-state index in [0.29, 0.717) is 6.61 Å². The lowest BCUT2D eigenvalue weighted by Gasteiger charge is -2.23. The number of amides is 1. The molecule has 1 rings (SSSR count). The Bertz CT molecular complexity index is 429. The fraction of sp³-hybridized carbons (Fsp3) is 0.533. The molecule has 0 bridgehead atoms. The van der Waals surface area contributed by atoms with Crippen LogP contribution >= 0.6 is 0 Å². The van der Waals surface area contributed by atoms with Crippen LogP contribution < -0.4 is 5.32 Å². The molecule has 1 amide bonds. The third-order valence-electron chi connectivity index (χ3n) is 3.12. The topological polar surface area (TPSA) is 58.6 Å². The summed E-state index contributed by atoms with van der Waals surface area (Å²) in [4.78, 5) is 12.0. The number of ether oxygens (including phenoxy) is 1. The van der Waals surface area contributed by atoms with Crippen LogP contribution in [0.25, 0.3) is 0 Å². The Morgan fingerprint density at radius 1 is 1.42 bits per heavy atom. The van der Waals surface area contributed by atoms with Crippen molar-refractivity contribution in [2.45, 2.75) is 26.9 Å². The summed E-state index contributed by atoms with van der Waals surface area (Å²) in [6.45, 7) is 6.11. The van der Waals surface area contributed by atoms with Crippen molar-refractivity contribution < 1.29 is 14.6 Å². The molecule has 0 radical (unpaired) electrons. The summed E-state index contributed by atoms with van der Waals surface area (Å²) < 4.78 is 5.01. The quantitative estimate of drug-likeness (QED) is 0.825. The lowest BCUT2D eigenvalue weighted by atomic mass is 9.93. The summed E-state index contributed by atoms with van der Waals surface area (Å²) in [6, 6.07) is 7.61. The zero-order valence-corrected chi connectivity index (χ0v) is 12.1. The molecule has 0 aromatic heterocycles. The first-order chi connectivity index (χ1) is 8.88. The van der Waals surface area contributed by atoms with Crippen LogP contribution in [0.5, 0.6) is 0 Å². The van der Waals surface area contributed by atoms with Gasteiger partial charge in [-0.05, 0) is 31.9 Å². The van der Waals surface area contributed by atoms with Gasteiger partial charge in [0.05, 0.1) is 18.1 Å². The van der Waals surface area contributed by atoms with Gasteiger partial charge in [-0.15, -0.1) is 0 Å². The number of benzene rings is 1. The Morgan fingerprint density at radius 3 is 2.63 bits per heavy atom. The molecule has 1 aromatic carbocycles. The van der Waals surface area contributed by atoms with E-state index < -0.39 is 11.5 Å². The Labute approximate surface area is 114 Å². The number of aliphatic hydroxyl groups is 1. The Balaban J connectivity index is 2.58. The largest absolute Gasteiger partial charge is 0.387 e. The van der Waals surface area contributed by atoms with E-state index in [1.807, 2.05) is 45.0 Å². The molecule has 2 N–H and O–H groups in total. The minimum atomic E-state index is -0.691. The Kier molecular flexibility index (Phi) is 5.51. The van der Waals surface area contributed by atoms with Gasteiger partial charge in [0.25, 0.3) is 0 Å². The molecule has 4 nitrogen and oxygen atoms in total. The van der Waals surface area contributed by atoms with Crippen molar-refractivity contribution in [3.63, 3.8) is 0 Å². The number of carbonyl (C=O) groups is 1. The summed E-state index contributed by atoms with van der Waals surface area (Å²) in [6.07, 6.45) is -0.691. The number of rotatable bonds is 6. The van der Waals surface area contributed by atoms with E-state index in [0.717, 1.165) is 11.1 Å². The summed E-state index contributed by atoms with van der Waals surface area (Å²) in [5.41, 5.74) is 1.26. The second-order valence-corrected chi connectivity index (χ2v) is 5.40. The van der Waals surface area contributed by atoms with E-state index in [4.69, 9.17) is 4.74 Å². The number of methoxy groups -OCH3 is 1. The average molecular weight is 265 g/mol. The summed E-state index contributed by atoms with van der Waals surface area (Å²) in [5, 5.41) is 12.9. The number of nitrogens with one attached hydrogen (secondary N) is 1. The van der Waals surface area contributed by atoms with Gasteiger partial charge in [-0.3, -0.25) is 4.79 Å². The smallest absolute Gasteiger partial charge is 0.228 e. The molecule has 0 aliphatic rings. The highest BCUT2D eigenvalue weighted by molar-refractivity contribution is 5.81. The Morgan fingerprint density at radius 2 is 2.05 bits per heavy atom. The molecule has 0 aliphatic carbocycles. The van der Waals surface area contributed by atoms with Crippen molar-refractivity contribution in [2.75, 3.05) is 20.3 Å². The molecule has 106 valence electrons. The van der Waals surface area contributed by atoms with Gasteiger partial charge in [0.15, 0.2) is 0 Å². The second kappa shape index (κ2) is 6.68. The molecule has 1 aromatic rings. The first kappa shape index (κ1) is 15.7. The SMILES string of the molecule is COCC(C)(C)C(=O)NC[C@@H](O)c1ccccc1C. The first-order valence-electron chi connectivity index (χ1n) is 6.39. The molecule has 0 unspecified atom stereocenters. The molecule has 0 fully saturated rings. The highest BCUT2D eigenvalue weighted by Gasteiger charge is 2.27. The highest BCUT2D eigenvalue weighted by atomic mass is 16.5. The van der Waals surface area contributed by atoms with Crippen LogP contribution in [0.2, 0.25) is 0 Å². The lowest BCUT2D eigenvalue weighted by Crippen LogP contribution is -2.41. The van der Waals surface area contributed by atoms with Crippen molar-refractivity contribution in [3.05, 3.63) is 35.4 Å². The molecule has 0 saturated heterocycles. The van der Waals surface area contributed by atoms with Gasteiger partial charge in [-0.1, -0.05) is 24.3 Å². The molecule has 0 spiro atoms. The number of aryl methyl sites for hydroxylation is 1. The summed E-state index contributed by atoms with van der Waals surface area (Å²) >= 11 is 0. The fourth-order valence-electron chi connectivity index (χ4n) is 1.93. The Hall–Kier alpha value is -1.39. The van der Waals surface area contributed by atoms with E-state index in [9.17, 15) is 9.90 Å². The van der Waals surface area contributed by atoms with Crippen molar-refractivity contribution in [1.82, 2.24) is 5.32 Å². The van der Waals surface area contributed by atoms with Crippen LogP contribution in [-0.4, -0.2) is 31.3 Å². The van der Waals surface area contributed by atoms with Gasteiger partial charge in [0, 0.05) is 13.7 Å². The molecule has 1 atom stereocenters. The molecular weight excluding hydrogens is 242 g/mol. The lowest BCUT2D eigenvalue weighted by molar-refractivity contribution is -0.132. The molecule has 0 aliphatic heterocycles. The van der Waals surface area contributed by atoms with Crippen LogP contribution in [0, 0.1) is 12.3 Å². The highest BCUT2D eigenvalue weighted by Crippen LogP contribution is 2.18. The number of hydrogen-bond acceptors (Lipinski definition) is 3. The van der Waals surface area contributed by atoms with Gasteiger partial charge in [-0.2, -0.15) is 0 Å². The summed E-state index contributed by atoms with van der Waals surface area (Å²) in [7, 11) is 1.57. The van der Waals surface area contributed by atoms with Gasteiger partial charge in [-0.25, -0.2) is 0 Å². The normalized spacial score (nSPS) is 13.1. The standard InChI is InChI=1S/C15H23NO3/c1-11-7-5-6-8-12(11)13(17)9-16-14(18)15(2,3)10-19-4/h5-8,13,17H,9-10H2,1-4H3,(H,16,18)/t13-/m1/s1. The van der Waals surface area contributed by atoms with Crippen molar-refractivity contribution >= 4 is 5.91 Å². The molecule has 0 saturated carbocycles. The average Bonchev–Trinajstić information content (AvgIpc) is 2.36. The third kappa shape index (κ3) is 4.33. The molecule has 0 heterocycles. The predicted molar refractivity (Wildman–Crippen MR) is 74.8 cm³/mol. The van der Waals surface area contributed by atoms with E-state index in [1.54, 1.807) is 7.11 Å². The minimum absolute atomic E-state index is 0.123. The molecule has 4 heteroatoms. The van der Waals surface area contributed by atoms with Crippen LogP contribution in [0.15, 0.2) is 24.3 Å². The summed E-state index contributed by atoms with van der Waals surface area (Å²) in [5.74, 6) is -0.123. The van der Waals surface area contributed by atoms with Crippen LogP contribution in [0.4, 0.5) is 0 Å². The zero-order valence-electron chi connectivity index (χ0n) is 12.1. The van der Waals surface area contributed by atoms with Crippen LogP contribution in [-0.2, 0) is 9.53 Å².